The second-order valence-corrected chi connectivity index (χ2v) is 4.11. The number of rotatable bonds is 4. The molecule has 2 aromatic heterocycles. The second kappa shape index (κ2) is 5.01. The number of anilines is 1. The molecule has 2 N–H and O–H groups in total. The van der Waals surface area contributed by atoms with E-state index in [-0.39, 0.29) is 5.76 Å². The number of carboxylic acid groups (broad SMARTS) is 1. The Morgan fingerprint density at radius 1 is 1.41 bits per heavy atom. The summed E-state index contributed by atoms with van der Waals surface area (Å²) in [5, 5.41) is 11.8. The van der Waals surface area contributed by atoms with E-state index in [2.05, 4.69) is 26.2 Å². The van der Waals surface area contributed by atoms with E-state index in [0.717, 1.165) is 10.3 Å². The van der Waals surface area contributed by atoms with Gasteiger partial charge in [0.25, 0.3) is 0 Å². The van der Waals surface area contributed by atoms with Crippen molar-refractivity contribution >= 4 is 27.6 Å². The lowest BCUT2D eigenvalue weighted by atomic mass is 10.4. The average Bonchev–Trinajstić information content (AvgIpc) is 2.77. The van der Waals surface area contributed by atoms with Crippen molar-refractivity contribution in [1.82, 2.24) is 4.98 Å². The van der Waals surface area contributed by atoms with Crippen LogP contribution in [0.1, 0.15) is 16.3 Å². The van der Waals surface area contributed by atoms with Crippen molar-refractivity contribution in [2.24, 2.45) is 0 Å². The Hall–Kier alpha value is -1.82. The van der Waals surface area contributed by atoms with E-state index in [1.54, 1.807) is 12.3 Å². The van der Waals surface area contributed by atoms with Crippen molar-refractivity contribution in [2.75, 3.05) is 5.32 Å². The average molecular weight is 297 g/mol. The minimum atomic E-state index is -1.07. The summed E-state index contributed by atoms with van der Waals surface area (Å²) in [6.07, 6.45) is 1.67. The van der Waals surface area contributed by atoms with Crippen LogP contribution in [0.25, 0.3) is 0 Å². The highest BCUT2D eigenvalue weighted by Crippen LogP contribution is 2.13. The Bertz CT molecular complexity index is 522. The number of aromatic carboxylic acids is 1. The highest BCUT2D eigenvalue weighted by atomic mass is 79.9. The number of aromatic nitrogens is 1. The number of pyridine rings is 1. The van der Waals surface area contributed by atoms with Gasteiger partial charge < -0.3 is 14.8 Å². The first kappa shape index (κ1) is 11.7. The highest BCUT2D eigenvalue weighted by Gasteiger charge is 2.08. The fraction of sp³-hybridized carbons (Fsp3) is 0.0909. The molecule has 0 bridgehead atoms. The number of hydrogen-bond donors (Lipinski definition) is 2. The monoisotopic (exact) mass is 296 g/mol. The Balaban J connectivity index is 1.97. The maximum Gasteiger partial charge on any atom is 0.371 e. The van der Waals surface area contributed by atoms with Gasteiger partial charge in [-0.3, -0.25) is 0 Å². The Labute approximate surface area is 106 Å². The molecule has 0 saturated carbocycles. The fourth-order valence-corrected chi connectivity index (χ4v) is 1.49. The van der Waals surface area contributed by atoms with E-state index >= 15 is 0 Å². The molecule has 2 aromatic rings. The Morgan fingerprint density at radius 2 is 2.24 bits per heavy atom. The molecule has 0 fully saturated rings. The van der Waals surface area contributed by atoms with Crippen LogP contribution in [-0.4, -0.2) is 16.1 Å². The highest BCUT2D eigenvalue weighted by molar-refractivity contribution is 9.10. The summed E-state index contributed by atoms with van der Waals surface area (Å²) >= 11 is 3.24. The first-order chi connectivity index (χ1) is 8.15. The van der Waals surface area contributed by atoms with Gasteiger partial charge in [0, 0.05) is 0 Å². The van der Waals surface area contributed by atoms with Crippen LogP contribution < -0.4 is 5.32 Å². The molecule has 0 saturated heterocycles. The molecule has 0 aliphatic carbocycles. The molecule has 2 heterocycles. The lowest BCUT2D eigenvalue weighted by Crippen LogP contribution is -1.98. The molecule has 0 atom stereocenters. The molecule has 88 valence electrons. The van der Waals surface area contributed by atoms with Crippen molar-refractivity contribution in [3.63, 3.8) is 0 Å². The smallest absolute Gasteiger partial charge is 0.371 e. The van der Waals surface area contributed by atoms with E-state index in [9.17, 15) is 4.79 Å². The third-order valence-electron chi connectivity index (χ3n) is 2.07. The summed E-state index contributed by atoms with van der Waals surface area (Å²) < 4.78 is 5.86. The summed E-state index contributed by atoms with van der Waals surface area (Å²) in [6.45, 7) is 0.413. The van der Waals surface area contributed by atoms with Crippen LogP contribution in [-0.2, 0) is 6.54 Å². The minimum absolute atomic E-state index is 0.0595. The Kier molecular flexibility index (Phi) is 3.43. The number of nitrogens with one attached hydrogen (secondary N) is 1. The molecule has 2 rings (SSSR count). The molecule has 0 aromatic carbocycles. The number of carbonyl (C=O) groups is 1. The molecule has 17 heavy (non-hydrogen) atoms. The maximum absolute atomic E-state index is 10.6. The van der Waals surface area contributed by atoms with Crippen molar-refractivity contribution < 1.29 is 14.3 Å². The molecule has 5 nitrogen and oxygen atoms in total. The standard InChI is InChI=1S/C11H9BrN2O3/c12-10-4-1-7(5-14-10)13-6-8-2-3-9(17-8)11(15)16/h1-5,13H,6H2,(H,15,16). The summed E-state index contributed by atoms with van der Waals surface area (Å²) in [6, 6.07) is 6.73. The van der Waals surface area contributed by atoms with Crippen LogP contribution in [0, 0.1) is 0 Å². The molecule has 0 amide bonds. The van der Waals surface area contributed by atoms with Gasteiger partial charge in [-0.1, -0.05) is 0 Å². The van der Waals surface area contributed by atoms with Crippen molar-refractivity contribution in [2.45, 2.75) is 6.54 Å². The van der Waals surface area contributed by atoms with Crippen molar-refractivity contribution in [3.8, 4) is 0 Å². The van der Waals surface area contributed by atoms with Crippen LogP contribution in [0.15, 0.2) is 39.5 Å². The fourth-order valence-electron chi connectivity index (χ4n) is 1.26. The molecule has 0 spiro atoms. The first-order valence-electron chi connectivity index (χ1n) is 4.82. The van der Waals surface area contributed by atoms with E-state index in [0.29, 0.717) is 12.3 Å². The maximum atomic E-state index is 10.6. The normalized spacial score (nSPS) is 10.2. The lowest BCUT2D eigenvalue weighted by molar-refractivity contribution is 0.0660. The quantitative estimate of drug-likeness (QED) is 0.849. The molecule has 0 aliphatic heterocycles. The minimum Gasteiger partial charge on any atom is -0.475 e. The number of hydrogen-bond acceptors (Lipinski definition) is 4. The number of halogens is 1. The van der Waals surface area contributed by atoms with Gasteiger partial charge in [0.15, 0.2) is 0 Å². The third-order valence-corrected chi connectivity index (χ3v) is 2.54. The van der Waals surface area contributed by atoms with Gasteiger partial charge in [-0.15, -0.1) is 0 Å². The number of nitrogens with zero attached hydrogens (tertiary/aromatic N) is 1. The van der Waals surface area contributed by atoms with E-state index in [4.69, 9.17) is 9.52 Å². The molecular formula is C11H9BrN2O3. The van der Waals surface area contributed by atoms with Crippen LogP contribution in [0.3, 0.4) is 0 Å². The summed E-state index contributed by atoms with van der Waals surface area (Å²) in [7, 11) is 0. The van der Waals surface area contributed by atoms with Gasteiger partial charge >= 0.3 is 5.97 Å². The largest absolute Gasteiger partial charge is 0.475 e. The van der Waals surface area contributed by atoms with E-state index in [1.807, 2.05) is 12.1 Å². The van der Waals surface area contributed by atoms with Gasteiger partial charge in [-0.25, -0.2) is 9.78 Å². The SMILES string of the molecule is O=C(O)c1ccc(CNc2ccc(Br)nc2)o1. The lowest BCUT2D eigenvalue weighted by Gasteiger charge is -2.03. The molecule has 0 unspecified atom stereocenters. The van der Waals surface area contributed by atoms with Gasteiger partial charge in [-0.2, -0.15) is 0 Å². The topological polar surface area (TPSA) is 75.4 Å². The van der Waals surface area contributed by atoms with E-state index < -0.39 is 5.97 Å². The number of furan rings is 1. The summed E-state index contributed by atoms with van der Waals surface area (Å²) in [4.78, 5) is 14.7. The predicted octanol–water partition coefficient (Wildman–Crippen LogP) is 2.75. The number of carboxylic acids is 1. The summed E-state index contributed by atoms with van der Waals surface area (Å²) in [5.74, 6) is -0.567. The molecule has 6 heteroatoms. The Morgan fingerprint density at radius 3 is 2.82 bits per heavy atom. The zero-order valence-electron chi connectivity index (χ0n) is 8.68. The van der Waals surface area contributed by atoms with Crippen molar-refractivity contribution in [1.29, 1.82) is 0 Å². The molecule has 0 aliphatic rings. The van der Waals surface area contributed by atoms with Gasteiger partial charge in [0.2, 0.25) is 5.76 Å². The van der Waals surface area contributed by atoms with E-state index in [1.165, 1.54) is 6.07 Å². The van der Waals surface area contributed by atoms with Crippen LogP contribution in [0.4, 0.5) is 5.69 Å². The van der Waals surface area contributed by atoms with Crippen molar-refractivity contribution in [3.05, 3.63) is 46.6 Å². The predicted molar refractivity (Wildman–Crippen MR) is 64.9 cm³/mol. The van der Waals surface area contributed by atoms with Gasteiger partial charge in [0.1, 0.15) is 10.4 Å². The molecular weight excluding hydrogens is 288 g/mol. The van der Waals surface area contributed by atoms with Crippen LogP contribution >= 0.6 is 15.9 Å². The van der Waals surface area contributed by atoms with Gasteiger partial charge in [-0.05, 0) is 40.2 Å². The first-order valence-corrected chi connectivity index (χ1v) is 5.62. The zero-order valence-corrected chi connectivity index (χ0v) is 10.3. The van der Waals surface area contributed by atoms with Crippen LogP contribution in [0.2, 0.25) is 0 Å². The summed E-state index contributed by atoms with van der Waals surface area (Å²) in [5.41, 5.74) is 0.835. The second-order valence-electron chi connectivity index (χ2n) is 3.29. The zero-order chi connectivity index (χ0) is 12.3. The third kappa shape index (κ3) is 3.07. The molecule has 0 radical (unpaired) electrons. The van der Waals surface area contributed by atoms with Crippen LogP contribution in [0.5, 0.6) is 0 Å². The van der Waals surface area contributed by atoms with Gasteiger partial charge in [0.05, 0.1) is 18.4 Å².